The maximum absolute atomic E-state index is 13.4. The first-order valence-electron chi connectivity index (χ1n) is 5.41. The summed E-state index contributed by atoms with van der Waals surface area (Å²) >= 11 is 0.825. The second kappa shape index (κ2) is 5.66. The minimum absolute atomic E-state index is 0.0664. The number of alkyl halides is 3. The monoisotopic (exact) mass is 304 g/mol. The minimum Gasteiger partial charge on any atom is -0.301 e. The van der Waals surface area contributed by atoms with Crippen LogP contribution in [0.4, 0.5) is 17.6 Å². The van der Waals surface area contributed by atoms with E-state index >= 15 is 0 Å². The molecule has 1 aromatic carbocycles. The molecule has 0 unspecified atom stereocenters. The number of nitrogens with one attached hydrogen (secondary N) is 1. The summed E-state index contributed by atoms with van der Waals surface area (Å²) in [5.41, 5.74) is -1.85. The van der Waals surface area contributed by atoms with E-state index in [0.29, 0.717) is 11.6 Å². The van der Waals surface area contributed by atoms with E-state index in [1.807, 2.05) is 0 Å². The highest BCUT2D eigenvalue weighted by Crippen LogP contribution is 2.28. The molecule has 0 saturated carbocycles. The molecule has 0 spiro atoms. The highest BCUT2D eigenvalue weighted by Gasteiger charge is 2.33. The topological polar surface area (TPSA) is 45.8 Å². The first-order valence-corrected chi connectivity index (χ1v) is 6.39. The molecule has 0 amide bonds. The van der Waals surface area contributed by atoms with E-state index in [0.717, 1.165) is 11.8 Å². The molecule has 0 fully saturated rings. The largest absolute Gasteiger partial charge is 0.433 e. The fraction of sp³-hybridized carbons (Fsp3) is 0.167. The molecular weight excluding hydrogens is 296 g/mol. The molecule has 106 valence electrons. The molecule has 2 aromatic rings. The molecule has 1 heterocycles. The standard InChI is InChI=1S/C12H8F4N2OS/c13-8-4-2-1-3-7(8)6-20-11-17-9(12(14,15)16)5-10(19)18-11/h1-5H,6H2,(H,17,18,19). The number of thioether (sulfide) groups is 1. The zero-order chi connectivity index (χ0) is 14.8. The molecule has 20 heavy (non-hydrogen) atoms. The van der Waals surface area contributed by atoms with Gasteiger partial charge >= 0.3 is 6.18 Å². The smallest absolute Gasteiger partial charge is 0.301 e. The maximum Gasteiger partial charge on any atom is 0.433 e. The van der Waals surface area contributed by atoms with Crippen LogP contribution in [0.5, 0.6) is 0 Å². The van der Waals surface area contributed by atoms with Crippen LogP contribution in [0.1, 0.15) is 11.3 Å². The Bertz CT molecular complexity index is 669. The average Bonchev–Trinajstić information content (AvgIpc) is 2.36. The van der Waals surface area contributed by atoms with Gasteiger partial charge in [0.1, 0.15) is 5.82 Å². The van der Waals surface area contributed by atoms with E-state index in [9.17, 15) is 22.4 Å². The number of aromatic nitrogens is 2. The Morgan fingerprint density at radius 3 is 2.60 bits per heavy atom. The number of halogens is 4. The number of H-pyrrole nitrogens is 1. The van der Waals surface area contributed by atoms with E-state index in [4.69, 9.17) is 0 Å². The number of nitrogens with zero attached hydrogens (tertiary/aromatic N) is 1. The third kappa shape index (κ3) is 3.60. The Balaban J connectivity index is 2.20. The molecule has 0 bridgehead atoms. The van der Waals surface area contributed by atoms with Gasteiger partial charge in [0.15, 0.2) is 10.9 Å². The van der Waals surface area contributed by atoms with Crippen LogP contribution >= 0.6 is 11.8 Å². The summed E-state index contributed by atoms with van der Waals surface area (Å²) in [6.07, 6.45) is -4.69. The molecule has 2 rings (SSSR count). The first-order chi connectivity index (χ1) is 9.36. The van der Waals surface area contributed by atoms with Crippen molar-refractivity contribution in [3.8, 4) is 0 Å². The molecule has 0 saturated heterocycles. The van der Waals surface area contributed by atoms with Crippen molar-refractivity contribution in [2.45, 2.75) is 17.1 Å². The molecule has 8 heteroatoms. The fourth-order valence-corrected chi connectivity index (χ4v) is 2.27. The Hall–Kier alpha value is -1.83. The Kier molecular flexibility index (Phi) is 4.12. The van der Waals surface area contributed by atoms with Crippen LogP contribution in [0.25, 0.3) is 0 Å². The molecular formula is C12H8F4N2OS. The number of hydrogen-bond acceptors (Lipinski definition) is 3. The van der Waals surface area contributed by atoms with Gasteiger partial charge in [-0.25, -0.2) is 9.37 Å². The lowest BCUT2D eigenvalue weighted by atomic mass is 10.2. The zero-order valence-electron chi connectivity index (χ0n) is 9.87. The van der Waals surface area contributed by atoms with E-state index in [1.165, 1.54) is 18.2 Å². The van der Waals surface area contributed by atoms with Gasteiger partial charge in [-0.3, -0.25) is 4.79 Å². The quantitative estimate of drug-likeness (QED) is 0.538. The summed E-state index contributed by atoms with van der Waals surface area (Å²) in [6, 6.07) is 6.26. The van der Waals surface area contributed by atoms with Gasteiger partial charge in [-0.1, -0.05) is 30.0 Å². The van der Waals surface area contributed by atoms with Crippen molar-refractivity contribution >= 4 is 11.8 Å². The van der Waals surface area contributed by atoms with Gasteiger partial charge in [0, 0.05) is 11.8 Å². The lowest BCUT2D eigenvalue weighted by molar-refractivity contribution is -0.141. The average molecular weight is 304 g/mol. The molecule has 0 aliphatic rings. The number of rotatable bonds is 3. The van der Waals surface area contributed by atoms with Gasteiger partial charge in [-0.2, -0.15) is 13.2 Å². The van der Waals surface area contributed by atoms with Crippen molar-refractivity contribution in [2.75, 3.05) is 0 Å². The Morgan fingerprint density at radius 2 is 1.95 bits per heavy atom. The zero-order valence-corrected chi connectivity index (χ0v) is 10.7. The van der Waals surface area contributed by atoms with Crippen molar-refractivity contribution < 1.29 is 17.6 Å². The van der Waals surface area contributed by atoms with Gasteiger partial charge in [0.25, 0.3) is 5.56 Å². The van der Waals surface area contributed by atoms with Crippen molar-refractivity contribution in [3.63, 3.8) is 0 Å². The normalized spacial score (nSPS) is 11.6. The molecule has 0 aliphatic heterocycles. The van der Waals surface area contributed by atoms with Crippen molar-refractivity contribution in [1.82, 2.24) is 9.97 Å². The lowest BCUT2D eigenvalue weighted by Crippen LogP contribution is -2.16. The molecule has 0 radical (unpaired) electrons. The van der Waals surface area contributed by atoms with Crippen molar-refractivity contribution in [2.24, 2.45) is 0 Å². The van der Waals surface area contributed by atoms with Gasteiger partial charge in [0.2, 0.25) is 0 Å². The third-order valence-corrected chi connectivity index (χ3v) is 3.25. The van der Waals surface area contributed by atoms with Crippen molar-refractivity contribution in [3.05, 3.63) is 57.8 Å². The SMILES string of the molecule is O=c1cc(C(F)(F)F)nc(SCc2ccccc2F)[nH]1. The molecule has 3 nitrogen and oxygen atoms in total. The lowest BCUT2D eigenvalue weighted by Gasteiger charge is -2.07. The van der Waals surface area contributed by atoms with Crippen LogP contribution in [0.15, 0.2) is 40.3 Å². The molecule has 1 N–H and O–H groups in total. The summed E-state index contributed by atoms with van der Waals surface area (Å²) in [4.78, 5) is 16.6. The summed E-state index contributed by atoms with van der Waals surface area (Å²) in [6.45, 7) is 0. The van der Waals surface area contributed by atoms with Crippen LogP contribution in [0.2, 0.25) is 0 Å². The Labute approximate surface area is 115 Å². The van der Waals surface area contributed by atoms with Crippen molar-refractivity contribution in [1.29, 1.82) is 0 Å². The number of benzene rings is 1. The van der Waals surface area contributed by atoms with E-state index < -0.39 is 23.2 Å². The van der Waals surface area contributed by atoms with Gasteiger partial charge in [-0.05, 0) is 11.6 Å². The minimum atomic E-state index is -4.69. The van der Waals surface area contributed by atoms with Crippen LogP contribution in [-0.4, -0.2) is 9.97 Å². The van der Waals surface area contributed by atoms with E-state index in [-0.39, 0.29) is 10.9 Å². The third-order valence-electron chi connectivity index (χ3n) is 2.33. The fourth-order valence-electron chi connectivity index (χ4n) is 1.41. The number of hydrogen-bond donors (Lipinski definition) is 1. The summed E-state index contributed by atoms with van der Waals surface area (Å²) in [7, 11) is 0. The van der Waals surface area contributed by atoms with Gasteiger partial charge < -0.3 is 4.98 Å². The first kappa shape index (κ1) is 14.6. The molecule has 0 aliphatic carbocycles. The highest BCUT2D eigenvalue weighted by atomic mass is 32.2. The van der Waals surface area contributed by atoms with Gasteiger partial charge in [-0.15, -0.1) is 0 Å². The van der Waals surface area contributed by atoms with Crippen LogP contribution in [-0.2, 0) is 11.9 Å². The predicted octanol–water partition coefficient (Wildman–Crippen LogP) is 3.22. The summed E-state index contributed by atoms with van der Waals surface area (Å²) in [5, 5.41) is -0.201. The molecule has 0 atom stereocenters. The highest BCUT2D eigenvalue weighted by molar-refractivity contribution is 7.98. The van der Waals surface area contributed by atoms with Crippen LogP contribution in [0.3, 0.4) is 0 Å². The summed E-state index contributed by atoms with van der Waals surface area (Å²) in [5.74, 6) is -0.397. The Morgan fingerprint density at radius 1 is 1.25 bits per heavy atom. The predicted molar refractivity (Wildman–Crippen MR) is 65.8 cm³/mol. The van der Waals surface area contributed by atoms with Crippen LogP contribution in [0, 0.1) is 5.82 Å². The van der Waals surface area contributed by atoms with E-state index in [1.54, 1.807) is 6.07 Å². The maximum atomic E-state index is 13.4. The van der Waals surface area contributed by atoms with Gasteiger partial charge in [0.05, 0.1) is 0 Å². The summed E-state index contributed by atoms with van der Waals surface area (Å²) < 4.78 is 50.8. The number of aromatic amines is 1. The second-order valence-corrected chi connectivity index (χ2v) is 4.78. The van der Waals surface area contributed by atoms with Crippen LogP contribution < -0.4 is 5.56 Å². The van der Waals surface area contributed by atoms with E-state index in [2.05, 4.69) is 9.97 Å². The second-order valence-electron chi connectivity index (χ2n) is 3.81. The molecule has 1 aromatic heterocycles.